The Labute approximate surface area is 141 Å². The highest BCUT2D eigenvalue weighted by atomic mass is 35.5. The average Bonchev–Trinajstić information content (AvgIpc) is 2.53. The van der Waals surface area contributed by atoms with E-state index in [0.717, 1.165) is 50.7 Å². The normalized spacial score (nSPS) is 16.4. The summed E-state index contributed by atoms with van der Waals surface area (Å²) in [5, 5.41) is 8.64. The van der Waals surface area contributed by atoms with E-state index in [-0.39, 0.29) is 0 Å². The Morgan fingerprint density at radius 3 is 2.91 bits per heavy atom. The summed E-state index contributed by atoms with van der Waals surface area (Å²) in [6.07, 6.45) is 0. The van der Waals surface area contributed by atoms with Crippen molar-refractivity contribution in [3.63, 3.8) is 0 Å². The van der Waals surface area contributed by atoms with Gasteiger partial charge in [-0.05, 0) is 36.8 Å². The Kier molecular flexibility index (Phi) is 7.05. The lowest BCUT2D eigenvalue weighted by Crippen LogP contribution is -2.42. The van der Waals surface area contributed by atoms with E-state index >= 15 is 0 Å². The first-order valence-corrected chi connectivity index (χ1v) is 8.08. The fourth-order valence-electron chi connectivity index (χ4n) is 2.10. The van der Waals surface area contributed by atoms with Crippen LogP contribution in [0.15, 0.2) is 29.4 Å². The Morgan fingerprint density at radius 1 is 1.41 bits per heavy atom. The van der Waals surface area contributed by atoms with Crippen molar-refractivity contribution < 1.29 is 4.74 Å². The zero-order chi connectivity index (χ0) is 15.8. The maximum Gasteiger partial charge on any atom is 0.187 e. The first-order valence-electron chi connectivity index (χ1n) is 7.29. The molecule has 120 valence electrons. The smallest absolute Gasteiger partial charge is 0.187 e. The van der Waals surface area contributed by atoms with Crippen LogP contribution in [0, 0.1) is 0 Å². The van der Waals surface area contributed by atoms with Gasteiger partial charge < -0.3 is 10.1 Å². The van der Waals surface area contributed by atoms with Gasteiger partial charge >= 0.3 is 0 Å². The van der Waals surface area contributed by atoms with Gasteiger partial charge in [0.25, 0.3) is 0 Å². The zero-order valence-electron chi connectivity index (χ0n) is 12.6. The summed E-state index contributed by atoms with van der Waals surface area (Å²) in [4.78, 5) is 2.35. The summed E-state index contributed by atoms with van der Waals surface area (Å²) < 4.78 is 5.32. The van der Waals surface area contributed by atoms with Crippen LogP contribution in [0.2, 0.25) is 5.02 Å². The summed E-state index contributed by atoms with van der Waals surface area (Å²) in [7, 11) is 0. The van der Waals surface area contributed by atoms with Crippen LogP contribution in [-0.2, 0) is 4.74 Å². The second kappa shape index (κ2) is 9.05. The number of hydrogen-bond donors (Lipinski definition) is 2. The van der Waals surface area contributed by atoms with Gasteiger partial charge in [-0.2, -0.15) is 5.10 Å². The van der Waals surface area contributed by atoms with Gasteiger partial charge in [-0.15, -0.1) is 0 Å². The van der Waals surface area contributed by atoms with E-state index in [1.165, 1.54) is 0 Å². The third-order valence-electron chi connectivity index (χ3n) is 3.38. The van der Waals surface area contributed by atoms with Crippen LogP contribution in [0.4, 0.5) is 0 Å². The second-order valence-corrected chi connectivity index (χ2v) is 5.87. The Hall–Kier alpha value is -1.21. The minimum absolute atomic E-state index is 0.523. The number of morpholine rings is 1. The highest BCUT2D eigenvalue weighted by Gasteiger charge is 2.09. The van der Waals surface area contributed by atoms with Crippen molar-refractivity contribution in [1.29, 1.82) is 0 Å². The lowest BCUT2D eigenvalue weighted by atomic mass is 10.1. The van der Waals surface area contributed by atoms with E-state index in [4.69, 9.17) is 28.6 Å². The molecule has 1 fully saturated rings. The van der Waals surface area contributed by atoms with Gasteiger partial charge in [-0.3, -0.25) is 10.3 Å². The number of hydrazone groups is 1. The molecule has 1 aromatic rings. The lowest BCUT2D eigenvalue weighted by molar-refractivity contribution is 0.0389. The summed E-state index contributed by atoms with van der Waals surface area (Å²) in [6.45, 7) is 7.23. The number of ether oxygens (including phenoxy) is 1. The summed E-state index contributed by atoms with van der Waals surface area (Å²) in [5.41, 5.74) is 4.66. The standard InChI is InChI=1S/C15H21ClN4OS/c1-12(13-3-2-4-14(16)11-13)18-19-15(22)17-5-6-20-7-9-21-10-8-20/h2-4,11H,5-10H2,1H3,(H2,17,19,22)/b18-12-. The maximum atomic E-state index is 5.97. The molecule has 22 heavy (non-hydrogen) atoms. The summed E-state index contributed by atoms with van der Waals surface area (Å²) in [5.74, 6) is 0. The summed E-state index contributed by atoms with van der Waals surface area (Å²) >= 11 is 11.2. The Morgan fingerprint density at radius 2 is 2.18 bits per heavy atom. The quantitative estimate of drug-likeness (QED) is 0.487. The van der Waals surface area contributed by atoms with Gasteiger partial charge in [0, 0.05) is 31.2 Å². The van der Waals surface area contributed by atoms with E-state index < -0.39 is 0 Å². The van der Waals surface area contributed by atoms with Crippen LogP contribution < -0.4 is 10.7 Å². The largest absolute Gasteiger partial charge is 0.379 e. The van der Waals surface area contributed by atoms with Gasteiger partial charge in [0.15, 0.2) is 5.11 Å². The molecule has 0 aliphatic carbocycles. The number of nitrogens with zero attached hydrogens (tertiary/aromatic N) is 2. The van der Waals surface area contributed by atoms with Crippen LogP contribution in [0.1, 0.15) is 12.5 Å². The first-order chi connectivity index (χ1) is 10.6. The van der Waals surface area contributed by atoms with Crippen molar-refractivity contribution in [3.05, 3.63) is 34.9 Å². The minimum atomic E-state index is 0.523. The van der Waals surface area contributed by atoms with Gasteiger partial charge in [-0.1, -0.05) is 23.7 Å². The lowest BCUT2D eigenvalue weighted by Gasteiger charge is -2.26. The van der Waals surface area contributed by atoms with Gasteiger partial charge in [-0.25, -0.2) is 0 Å². The molecular weight excluding hydrogens is 320 g/mol. The molecule has 2 N–H and O–H groups in total. The van der Waals surface area contributed by atoms with Crippen molar-refractivity contribution in [2.45, 2.75) is 6.92 Å². The fourth-order valence-corrected chi connectivity index (χ4v) is 2.44. The van der Waals surface area contributed by atoms with Crippen LogP contribution in [0.5, 0.6) is 0 Å². The topological polar surface area (TPSA) is 48.9 Å². The zero-order valence-corrected chi connectivity index (χ0v) is 14.2. The molecule has 0 unspecified atom stereocenters. The molecule has 7 heteroatoms. The van der Waals surface area contributed by atoms with E-state index in [2.05, 4.69) is 20.7 Å². The molecule has 0 spiro atoms. The average molecular weight is 341 g/mol. The molecule has 0 radical (unpaired) electrons. The Bertz CT molecular complexity index is 532. The van der Waals surface area contributed by atoms with Crippen LogP contribution in [0.25, 0.3) is 0 Å². The van der Waals surface area contributed by atoms with Crippen LogP contribution in [-0.4, -0.2) is 55.1 Å². The van der Waals surface area contributed by atoms with E-state index in [1.54, 1.807) is 0 Å². The van der Waals surface area contributed by atoms with Crippen molar-refractivity contribution in [1.82, 2.24) is 15.6 Å². The molecular formula is C15H21ClN4OS. The first kappa shape index (κ1) is 17.1. The van der Waals surface area contributed by atoms with Crippen LogP contribution >= 0.6 is 23.8 Å². The molecule has 0 amide bonds. The number of hydrogen-bond acceptors (Lipinski definition) is 4. The predicted octanol–water partition coefficient (Wildman–Crippen LogP) is 1.86. The fraction of sp³-hybridized carbons (Fsp3) is 0.467. The minimum Gasteiger partial charge on any atom is -0.379 e. The SMILES string of the molecule is C/C(=N/NC(=S)NCCN1CCOCC1)c1cccc(Cl)c1. The second-order valence-electron chi connectivity index (χ2n) is 5.03. The maximum absolute atomic E-state index is 5.97. The molecule has 1 aromatic carbocycles. The molecule has 1 heterocycles. The number of halogens is 1. The van der Waals surface area contributed by atoms with Crippen molar-refractivity contribution in [2.24, 2.45) is 5.10 Å². The monoisotopic (exact) mass is 340 g/mol. The number of rotatable bonds is 5. The molecule has 0 saturated carbocycles. The molecule has 2 rings (SSSR count). The molecule has 0 bridgehead atoms. The van der Waals surface area contributed by atoms with Crippen molar-refractivity contribution in [3.8, 4) is 0 Å². The molecule has 1 aliphatic rings. The third-order valence-corrected chi connectivity index (χ3v) is 3.86. The van der Waals surface area contributed by atoms with E-state index in [0.29, 0.717) is 10.1 Å². The number of thiocarbonyl (C=S) groups is 1. The Balaban J connectivity index is 1.71. The highest BCUT2D eigenvalue weighted by Crippen LogP contribution is 2.11. The van der Waals surface area contributed by atoms with Crippen molar-refractivity contribution in [2.75, 3.05) is 39.4 Å². The molecule has 1 saturated heterocycles. The van der Waals surface area contributed by atoms with Gasteiger partial charge in [0.05, 0.1) is 18.9 Å². The molecule has 0 atom stereocenters. The molecule has 5 nitrogen and oxygen atoms in total. The van der Waals surface area contributed by atoms with E-state index in [9.17, 15) is 0 Å². The molecule has 1 aliphatic heterocycles. The van der Waals surface area contributed by atoms with Crippen LogP contribution in [0.3, 0.4) is 0 Å². The number of benzene rings is 1. The third kappa shape index (κ3) is 5.88. The van der Waals surface area contributed by atoms with Crippen molar-refractivity contribution >= 4 is 34.6 Å². The number of nitrogens with one attached hydrogen (secondary N) is 2. The summed E-state index contributed by atoms with van der Waals surface area (Å²) in [6, 6.07) is 7.57. The molecule has 0 aromatic heterocycles. The predicted molar refractivity (Wildman–Crippen MR) is 94.7 cm³/mol. The van der Waals surface area contributed by atoms with Gasteiger partial charge in [0.2, 0.25) is 0 Å². The van der Waals surface area contributed by atoms with E-state index in [1.807, 2.05) is 31.2 Å². The highest BCUT2D eigenvalue weighted by molar-refractivity contribution is 7.80. The van der Waals surface area contributed by atoms with Gasteiger partial charge in [0.1, 0.15) is 0 Å².